The molecule has 0 amide bonds. The van der Waals surface area contributed by atoms with E-state index in [4.69, 9.17) is 9.47 Å². The normalized spacial score (nSPS) is 11.3. The predicted molar refractivity (Wildman–Crippen MR) is 78.9 cm³/mol. The summed E-state index contributed by atoms with van der Waals surface area (Å²) in [5.74, 6) is 1.05. The van der Waals surface area contributed by atoms with Gasteiger partial charge in [0.05, 0.1) is 18.1 Å². The van der Waals surface area contributed by atoms with Crippen molar-refractivity contribution in [3.05, 3.63) is 18.2 Å². The van der Waals surface area contributed by atoms with Crippen LogP contribution in [0.25, 0.3) is 0 Å². The van der Waals surface area contributed by atoms with Gasteiger partial charge in [0.25, 0.3) is 0 Å². The fourth-order valence-electron chi connectivity index (χ4n) is 1.58. The van der Waals surface area contributed by atoms with Crippen molar-refractivity contribution in [3.63, 3.8) is 0 Å². The molecular weight excluding hydrogens is 278 g/mol. The van der Waals surface area contributed by atoms with E-state index in [0.29, 0.717) is 31.3 Å². The van der Waals surface area contributed by atoms with Crippen LogP contribution in [0, 0.1) is 0 Å². The van der Waals surface area contributed by atoms with Gasteiger partial charge in [-0.3, -0.25) is 0 Å². The number of ether oxygens (including phenoxy) is 2. The summed E-state index contributed by atoms with van der Waals surface area (Å²) < 4.78 is 37.6. The molecule has 0 saturated heterocycles. The predicted octanol–water partition coefficient (Wildman–Crippen LogP) is 2.56. The first-order chi connectivity index (χ1) is 9.55. The topological polar surface area (TPSA) is 64.6 Å². The summed E-state index contributed by atoms with van der Waals surface area (Å²) in [6, 6.07) is 4.69. The summed E-state index contributed by atoms with van der Waals surface area (Å²) in [5, 5.41) is 0. The van der Waals surface area contributed by atoms with Gasteiger partial charge >= 0.3 is 0 Å². The Morgan fingerprint density at radius 2 is 1.60 bits per heavy atom. The summed E-state index contributed by atoms with van der Waals surface area (Å²) in [4.78, 5) is 0.189. The minimum absolute atomic E-state index is 0.189. The van der Waals surface area contributed by atoms with Gasteiger partial charge in [0.1, 0.15) is 0 Å². The van der Waals surface area contributed by atoms with E-state index in [0.717, 1.165) is 12.8 Å². The molecule has 20 heavy (non-hydrogen) atoms. The molecule has 114 valence electrons. The average molecular weight is 301 g/mol. The molecule has 0 bridgehead atoms. The van der Waals surface area contributed by atoms with E-state index in [-0.39, 0.29) is 4.90 Å². The molecule has 5 nitrogen and oxygen atoms in total. The Balaban J connectivity index is 3.06. The lowest BCUT2D eigenvalue weighted by molar-refractivity contribution is 0.267. The van der Waals surface area contributed by atoms with Crippen LogP contribution in [0.2, 0.25) is 0 Å². The fourth-order valence-corrected chi connectivity index (χ4v) is 2.64. The third-order valence-electron chi connectivity index (χ3n) is 2.48. The maximum absolute atomic E-state index is 12.0. The summed E-state index contributed by atoms with van der Waals surface area (Å²) in [5.41, 5.74) is 0. The Morgan fingerprint density at radius 3 is 2.15 bits per heavy atom. The van der Waals surface area contributed by atoms with Crippen LogP contribution in [0.5, 0.6) is 11.5 Å². The van der Waals surface area contributed by atoms with Crippen LogP contribution < -0.4 is 14.2 Å². The lowest BCUT2D eigenvalue weighted by Gasteiger charge is -2.13. The van der Waals surface area contributed by atoms with Crippen LogP contribution >= 0.6 is 0 Å². The quantitative estimate of drug-likeness (QED) is 0.761. The Morgan fingerprint density at radius 1 is 1.00 bits per heavy atom. The van der Waals surface area contributed by atoms with Crippen molar-refractivity contribution >= 4 is 10.0 Å². The zero-order valence-corrected chi connectivity index (χ0v) is 13.1. The summed E-state index contributed by atoms with van der Waals surface area (Å²) in [6.45, 7) is 7.18. The molecule has 1 aromatic carbocycles. The molecule has 0 atom stereocenters. The van der Waals surface area contributed by atoms with Gasteiger partial charge in [0.15, 0.2) is 11.5 Å². The Bertz CT molecular complexity index is 514. The third-order valence-corrected chi connectivity index (χ3v) is 4.03. The van der Waals surface area contributed by atoms with Crippen molar-refractivity contribution < 1.29 is 17.9 Å². The largest absolute Gasteiger partial charge is 0.490 e. The molecule has 1 aromatic rings. The van der Waals surface area contributed by atoms with Crippen LogP contribution in [-0.2, 0) is 10.0 Å². The van der Waals surface area contributed by atoms with Gasteiger partial charge in [-0.05, 0) is 25.0 Å². The Labute approximate surface area is 121 Å². The highest BCUT2D eigenvalue weighted by molar-refractivity contribution is 7.89. The molecule has 6 heteroatoms. The lowest BCUT2D eigenvalue weighted by atomic mass is 10.3. The van der Waals surface area contributed by atoms with Crippen molar-refractivity contribution in [3.8, 4) is 11.5 Å². The van der Waals surface area contributed by atoms with Gasteiger partial charge < -0.3 is 9.47 Å². The highest BCUT2D eigenvalue weighted by Crippen LogP contribution is 2.30. The number of benzene rings is 1. The molecule has 0 aliphatic carbocycles. The van der Waals surface area contributed by atoms with Crippen LogP contribution in [0.15, 0.2) is 23.1 Å². The minimum atomic E-state index is -3.48. The molecule has 0 spiro atoms. The van der Waals surface area contributed by atoms with E-state index in [2.05, 4.69) is 4.72 Å². The second-order valence-corrected chi connectivity index (χ2v) is 6.07. The number of hydrogen-bond donors (Lipinski definition) is 1. The lowest BCUT2D eigenvalue weighted by Crippen LogP contribution is -2.23. The number of rotatable bonds is 9. The first-order valence-electron chi connectivity index (χ1n) is 6.94. The summed E-state index contributed by atoms with van der Waals surface area (Å²) >= 11 is 0. The molecule has 0 heterocycles. The van der Waals surface area contributed by atoms with Crippen LogP contribution in [-0.4, -0.2) is 28.2 Å². The van der Waals surface area contributed by atoms with E-state index in [1.54, 1.807) is 13.0 Å². The Kier molecular flexibility index (Phi) is 6.81. The van der Waals surface area contributed by atoms with Crippen molar-refractivity contribution in [1.82, 2.24) is 4.72 Å². The average Bonchev–Trinajstić information content (AvgIpc) is 2.43. The second-order valence-electron chi connectivity index (χ2n) is 4.31. The zero-order chi connectivity index (χ0) is 15.0. The molecule has 1 rings (SSSR count). The first-order valence-corrected chi connectivity index (χ1v) is 8.42. The number of sulfonamides is 1. The molecule has 0 aliphatic heterocycles. The van der Waals surface area contributed by atoms with Crippen LogP contribution in [0.3, 0.4) is 0 Å². The highest BCUT2D eigenvalue weighted by atomic mass is 32.2. The molecule has 0 unspecified atom stereocenters. The fraction of sp³-hybridized carbons (Fsp3) is 0.571. The minimum Gasteiger partial charge on any atom is -0.490 e. The highest BCUT2D eigenvalue weighted by Gasteiger charge is 2.16. The molecule has 0 fully saturated rings. The van der Waals surface area contributed by atoms with Gasteiger partial charge in [0.2, 0.25) is 10.0 Å². The van der Waals surface area contributed by atoms with Crippen molar-refractivity contribution in [1.29, 1.82) is 0 Å². The van der Waals surface area contributed by atoms with E-state index in [1.807, 2.05) is 13.8 Å². The maximum atomic E-state index is 12.0. The van der Waals surface area contributed by atoms with Crippen LogP contribution in [0.1, 0.15) is 33.6 Å². The van der Waals surface area contributed by atoms with E-state index in [9.17, 15) is 8.42 Å². The van der Waals surface area contributed by atoms with Crippen LogP contribution in [0.4, 0.5) is 0 Å². The Hall–Kier alpha value is -1.27. The maximum Gasteiger partial charge on any atom is 0.240 e. The SMILES string of the molecule is CCCOc1ccc(S(=O)(=O)NCC)cc1OCCC. The number of nitrogens with one attached hydrogen (secondary N) is 1. The van der Waals surface area contributed by atoms with Gasteiger partial charge in [-0.15, -0.1) is 0 Å². The molecule has 0 saturated carbocycles. The van der Waals surface area contributed by atoms with E-state index < -0.39 is 10.0 Å². The smallest absolute Gasteiger partial charge is 0.240 e. The third kappa shape index (κ3) is 4.68. The van der Waals surface area contributed by atoms with Gasteiger partial charge in [-0.2, -0.15) is 0 Å². The van der Waals surface area contributed by atoms with Gasteiger partial charge in [-0.1, -0.05) is 20.8 Å². The van der Waals surface area contributed by atoms with Crippen molar-refractivity contribution in [2.24, 2.45) is 0 Å². The van der Waals surface area contributed by atoms with Gasteiger partial charge in [0, 0.05) is 12.6 Å². The molecule has 0 aromatic heterocycles. The number of hydrogen-bond acceptors (Lipinski definition) is 4. The zero-order valence-electron chi connectivity index (χ0n) is 12.3. The standard InChI is InChI=1S/C14H23NO4S/c1-4-9-18-13-8-7-12(20(16,17)15-6-3)11-14(13)19-10-5-2/h7-8,11,15H,4-6,9-10H2,1-3H3. The van der Waals surface area contributed by atoms with Crippen molar-refractivity contribution in [2.45, 2.75) is 38.5 Å². The van der Waals surface area contributed by atoms with Gasteiger partial charge in [-0.25, -0.2) is 13.1 Å². The summed E-state index contributed by atoms with van der Waals surface area (Å²) in [7, 11) is -3.48. The first kappa shape index (κ1) is 16.8. The molecule has 0 aliphatic rings. The van der Waals surface area contributed by atoms with Crippen molar-refractivity contribution in [2.75, 3.05) is 19.8 Å². The monoisotopic (exact) mass is 301 g/mol. The molecule has 1 N–H and O–H groups in total. The van der Waals surface area contributed by atoms with E-state index >= 15 is 0 Å². The van der Waals surface area contributed by atoms with E-state index in [1.165, 1.54) is 12.1 Å². The second kappa shape index (κ2) is 8.11. The molecular formula is C14H23NO4S. The summed E-state index contributed by atoms with van der Waals surface area (Å²) in [6.07, 6.45) is 1.72. The molecule has 0 radical (unpaired) electrons.